The van der Waals surface area contributed by atoms with Gasteiger partial charge in [0.1, 0.15) is 22.8 Å². The van der Waals surface area contributed by atoms with Crippen LogP contribution in [0.25, 0.3) is 11.1 Å². The lowest BCUT2D eigenvalue weighted by molar-refractivity contribution is 0.0883. The second-order valence-corrected chi connectivity index (χ2v) is 8.17. The summed E-state index contributed by atoms with van der Waals surface area (Å²) >= 11 is 0. The molecule has 0 bridgehead atoms. The second-order valence-electron chi connectivity index (χ2n) is 8.17. The fourth-order valence-corrected chi connectivity index (χ4v) is 4.34. The van der Waals surface area contributed by atoms with Crippen LogP contribution in [0, 0.1) is 5.82 Å². The molecule has 2 aromatic heterocycles. The smallest absolute Gasteiger partial charge is 0.319 e. The third-order valence-corrected chi connectivity index (χ3v) is 6.14. The molecule has 3 heterocycles. The fourth-order valence-electron chi connectivity index (χ4n) is 4.34. The molecule has 0 unspecified atom stereocenters. The van der Waals surface area contributed by atoms with E-state index in [1.54, 1.807) is 18.5 Å². The first kappa shape index (κ1) is 23.2. The number of rotatable bonds is 6. The maximum absolute atomic E-state index is 13.4. The number of hydrogen-bond acceptors (Lipinski definition) is 7. The van der Waals surface area contributed by atoms with Gasteiger partial charge in [0.15, 0.2) is 0 Å². The Balaban J connectivity index is 1.57. The summed E-state index contributed by atoms with van der Waals surface area (Å²) in [6.07, 6.45) is 3.76. The van der Waals surface area contributed by atoms with Crippen molar-refractivity contribution in [2.24, 2.45) is 0 Å². The van der Waals surface area contributed by atoms with E-state index < -0.39 is 11.4 Å². The van der Waals surface area contributed by atoms with E-state index in [2.05, 4.69) is 20.3 Å². The molecule has 182 valence electrons. The van der Waals surface area contributed by atoms with Gasteiger partial charge in [-0.25, -0.2) is 9.37 Å². The van der Waals surface area contributed by atoms with E-state index in [-0.39, 0.29) is 11.9 Å². The fraction of sp³-hybridized carbons (Fsp3) is 0.185. The molecule has 0 saturated carbocycles. The van der Waals surface area contributed by atoms with Gasteiger partial charge >= 0.3 is 6.01 Å². The van der Waals surface area contributed by atoms with Crippen LogP contribution in [-0.2, 0) is 5.54 Å². The Morgan fingerprint density at radius 3 is 2.53 bits per heavy atom. The molecular formula is C27H23FN4O4. The average Bonchev–Trinajstić information content (AvgIpc) is 2.93. The van der Waals surface area contributed by atoms with Gasteiger partial charge in [-0.2, -0.15) is 4.98 Å². The summed E-state index contributed by atoms with van der Waals surface area (Å²) in [6, 6.07) is 16.9. The number of benzene rings is 2. The summed E-state index contributed by atoms with van der Waals surface area (Å²) in [5.41, 5.74) is 2.32. The van der Waals surface area contributed by atoms with Gasteiger partial charge in [0.05, 0.1) is 26.4 Å². The number of ether oxygens (including phenoxy) is 3. The Bertz CT molecular complexity index is 1400. The lowest BCUT2D eigenvalue weighted by Gasteiger charge is -2.39. The van der Waals surface area contributed by atoms with Crippen LogP contribution >= 0.6 is 0 Å². The molecule has 0 fully saturated rings. The summed E-state index contributed by atoms with van der Waals surface area (Å²) in [5.74, 6) is 0.222. The SMILES string of the molecule is COc1ncc(-c2ccc([C@@]3(NC(=O)c4ccc(F)cc4)CCOc4cccnc43)cc2)c(OC)n1. The van der Waals surface area contributed by atoms with E-state index in [1.165, 1.54) is 38.5 Å². The number of pyridine rings is 1. The first-order chi connectivity index (χ1) is 17.5. The Labute approximate surface area is 207 Å². The lowest BCUT2D eigenvalue weighted by atomic mass is 9.80. The first-order valence-electron chi connectivity index (χ1n) is 11.3. The summed E-state index contributed by atoms with van der Waals surface area (Å²) in [6.45, 7) is 0.379. The predicted molar refractivity (Wildman–Crippen MR) is 130 cm³/mol. The highest BCUT2D eigenvalue weighted by Gasteiger charge is 2.42. The average molecular weight is 487 g/mol. The molecule has 4 aromatic rings. The minimum atomic E-state index is -0.959. The molecule has 1 amide bonds. The van der Waals surface area contributed by atoms with E-state index in [1.807, 2.05) is 30.3 Å². The van der Waals surface area contributed by atoms with Crippen LogP contribution in [0.1, 0.15) is 28.0 Å². The van der Waals surface area contributed by atoms with Crippen molar-refractivity contribution in [2.45, 2.75) is 12.0 Å². The number of carbonyl (C=O) groups is 1. The van der Waals surface area contributed by atoms with Gasteiger partial charge in [-0.3, -0.25) is 9.78 Å². The largest absolute Gasteiger partial charge is 0.491 e. The van der Waals surface area contributed by atoms with Gasteiger partial charge in [0, 0.05) is 24.4 Å². The topological polar surface area (TPSA) is 95.5 Å². The molecule has 0 saturated heterocycles. The number of halogens is 1. The number of aromatic nitrogens is 3. The number of amides is 1. The Hall–Kier alpha value is -4.53. The van der Waals surface area contributed by atoms with Crippen molar-refractivity contribution in [1.29, 1.82) is 0 Å². The maximum atomic E-state index is 13.4. The Morgan fingerprint density at radius 2 is 1.81 bits per heavy atom. The molecule has 0 radical (unpaired) electrons. The Kier molecular flexibility index (Phi) is 6.20. The standard InChI is InChI=1S/C27H23FN4O4/c1-34-25-21(16-30-26(31-25)35-2)17-5-9-19(10-6-17)27(13-15-36-22-4-3-14-29-23(22)27)32-24(33)18-7-11-20(28)12-8-18/h3-12,14,16H,13,15H2,1-2H3,(H,32,33)/t27-/m0/s1. The van der Waals surface area contributed by atoms with Gasteiger partial charge in [0.25, 0.3) is 5.91 Å². The highest BCUT2D eigenvalue weighted by molar-refractivity contribution is 5.95. The van der Waals surface area contributed by atoms with E-state index in [0.717, 1.165) is 11.1 Å². The van der Waals surface area contributed by atoms with Gasteiger partial charge < -0.3 is 19.5 Å². The third-order valence-electron chi connectivity index (χ3n) is 6.14. The lowest BCUT2D eigenvalue weighted by Crippen LogP contribution is -2.50. The van der Waals surface area contributed by atoms with Crippen LogP contribution in [-0.4, -0.2) is 41.7 Å². The van der Waals surface area contributed by atoms with Crippen LogP contribution < -0.4 is 19.5 Å². The molecule has 1 aliphatic rings. The molecule has 0 spiro atoms. The molecule has 2 aromatic carbocycles. The molecule has 1 atom stereocenters. The number of nitrogens with one attached hydrogen (secondary N) is 1. The van der Waals surface area contributed by atoms with Crippen LogP contribution in [0.3, 0.4) is 0 Å². The zero-order valence-electron chi connectivity index (χ0n) is 19.7. The van der Waals surface area contributed by atoms with Crippen molar-refractivity contribution in [3.8, 4) is 28.8 Å². The van der Waals surface area contributed by atoms with E-state index in [9.17, 15) is 9.18 Å². The summed E-state index contributed by atoms with van der Waals surface area (Å²) in [5, 5.41) is 3.17. The van der Waals surface area contributed by atoms with Gasteiger partial charge in [0.2, 0.25) is 5.88 Å². The molecule has 5 rings (SSSR count). The van der Waals surface area contributed by atoms with Crippen molar-refractivity contribution in [3.63, 3.8) is 0 Å². The maximum Gasteiger partial charge on any atom is 0.319 e. The number of carbonyl (C=O) groups excluding carboxylic acids is 1. The van der Waals surface area contributed by atoms with Gasteiger partial charge in [-0.1, -0.05) is 24.3 Å². The van der Waals surface area contributed by atoms with Gasteiger partial charge in [-0.15, -0.1) is 0 Å². The summed E-state index contributed by atoms with van der Waals surface area (Å²) in [4.78, 5) is 26.3. The number of nitrogens with zero attached hydrogens (tertiary/aromatic N) is 3. The molecule has 36 heavy (non-hydrogen) atoms. The van der Waals surface area contributed by atoms with Crippen LogP contribution in [0.15, 0.2) is 73.1 Å². The Morgan fingerprint density at radius 1 is 1.03 bits per heavy atom. The van der Waals surface area contributed by atoms with Crippen molar-refractivity contribution in [2.75, 3.05) is 20.8 Å². The van der Waals surface area contributed by atoms with Crippen LogP contribution in [0.2, 0.25) is 0 Å². The molecule has 8 nitrogen and oxygen atoms in total. The zero-order chi connectivity index (χ0) is 25.1. The molecule has 0 aliphatic carbocycles. The van der Waals surface area contributed by atoms with Crippen LogP contribution in [0.5, 0.6) is 17.6 Å². The number of hydrogen-bond donors (Lipinski definition) is 1. The van der Waals surface area contributed by atoms with Crippen molar-refractivity contribution < 1.29 is 23.4 Å². The summed E-state index contributed by atoms with van der Waals surface area (Å²) in [7, 11) is 3.02. The highest BCUT2D eigenvalue weighted by atomic mass is 19.1. The molecular weight excluding hydrogens is 463 g/mol. The number of fused-ring (bicyclic) bond motifs is 1. The normalized spacial score (nSPS) is 16.4. The second kappa shape index (κ2) is 9.61. The predicted octanol–water partition coefficient (Wildman–Crippen LogP) is 4.15. The molecule has 1 N–H and O–H groups in total. The molecule has 9 heteroatoms. The van der Waals surface area contributed by atoms with Crippen molar-refractivity contribution in [3.05, 3.63) is 95.7 Å². The van der Waals surface area contributed by atoms with E-state index in [0.29, 0.717) is 41.5 Å². The molecule has 1 aliphatic heterocycles. The van der Waals surface area contributed by atoms with E-state index >= 15 is 0 Å². The van der Waals surface area contributed by atoms with Crippen LogP contribution in [0.4, 0.5) is 4.39 Å². The van der Waals surface area contributed by atoms with Crippen molar-refractivity contribution >= 4 is 5.91 Å². The zero-order valence-corrected chi connectivity index (χ0v) is 19.7. The minimum absolute atomic E-state index is 0.208. The number of methoxy groups -OCH3 is 2. The minimum Gasteiger partial charge on any atom is -0.491 e. The van der Waals surface area contributed by atoms with Crippen molar-refractivity contribution in [1.82, 2.24) is 20.3 Å². The first-order valence-corrected chi connectivity index (χ1v) is 11.3. The van der Waals surface area contributed by atoms with Gasteiger partial charge in [-0.05, 0) is 47.5 Å². The summed E-state index contributed by atoms with van der Waals surface area (Å²) < 4.78 is 29.8. The monoisotopic (exact) mass is 486 g/mol. The third kappa shape index (κ3) is 4.19. The quantitative estimate of drug-likeness (QED) is 0.437. The highest BCUT2D eigenvalue weighted by Crippen LogP contribution is 2.41. The van der Waals surface area contributed by atoms with E-state index in [4.69, 9.17) is 14.2 Å².